The second-order valence-corrected chi connectivity index (χ2v) is 17.2. The molecule has 0 unspecified atom stereocenters. The minimum absolute atomic E-state index is 0.0281. The highest BCUT2D eigenvalue weighted by atomic mass is 16.4. The van der Waals surface area contributed by atoms with E-state index < -0.39 is 176 Å². The summed E-state index contributed by atoms with van der Waals surface area (Å²) in [6, 6.07) is -12.1. The Morgan fingerprint density at radius 3 is 1.53 bits per heavy atom. The fourth-order valence-corrected chi connectivity index (χ4v) is 6.40. The molecule has 0 aliphatic heterocycles. The summed E-state index contributed by atoms with van der Waals surface area (Å²) in [5.74, 6) is -14.4. The number of rotatable bonds is 37. The van der Waals surface area contributed by atoms with Crippen LogP contribution in [0.4, 0.5) is 0 Å². The van der Waals surface area contributed by atoms with Gasteiger partial charge in [0.1, 0.15) is 42.3 Å². The molecule has 0 aromatic rings. The Morgan fingerprint density at radius 2 is 1.03 bits per heavy atom. The van der Waals surface area contributed by atoms with Gasteiger partial charge in [0.2, 0.25) is 70.9 Å². The number of unbranched alkanes of at least 4 members (excludes halogenated alkanes) is 1. The number of carbonyl (C=O) groups is 13. The summed E-state index contributed by atoms with van der Waals surface area (Å²) >= 11 is 0. The smallest absolute Gasteiger partial charge is 0.326 e. The fourth-order valence-electron chi connectivity index (χ4n) is 6.40. The van der Waals surface area contributed by atoms with E-state index in [1.807, 2.05) is 0 Å². The summed E-state index contributed by atoms with van der Waals surface area (Å²) in [7, 11) is 0. The van der Waals surface area contributed by atoms with Crippen molar-refractivity contribution in [1.82, 2.24) is 47.9 Å². The van der Waals surface area contributed by atoms with E-state index in [4.69, 9.17) is 40.1 Å². The number of aliphatic hydroxyl groups excluding tert-OH is 1. The number of hydrogen-bond acceptors (Lipinski definition) is 17. The van der Waals surface area contributed by atoms with Crippen LogP contribution in [0, 0.1) is 5.92 Å². The van der Waals surface area contributed by atoms with E-state index in [0.717, 1.165) is 6.92 Å². The maximum atomic E-state index is 13.6. The number of nitrogens with two attached hydrogens (primary N) is 7. The first kappa shape index (κ1) is 66.3. The fraction of sp³-hybridized carbons (Fsp3) is 0.667. The first-order valence-corrected chi connectivity index (χ1v) is 23.5. The summed E-state index contributed by atoms with van der Waals surface area (Å²) in [4.78, 5) is 169. The van der Waals surface area contributed by atoms with Gasteiger partial charge in [-0.2, -0.15) is 0 Å². The third-order valence-electron chi connectivity index (χ3n) is 10.7. The van der Waals surface area contributed by atoms with Gasteiger partial charge in [-0.15, -0.1) is 0 Å². The largest absolute Gasteiger partial charge is 0.480 e. The highest BCUT2D eigenvalue weighted by Gasteiger charge is 2.34. The standard InChI is InChI=1S/C42H75N17O15/c1-5-19(2)32(41(73)74)59-39(71)26(16-29(47)63)54-30(64)17-51-36(68)23(10-8-14-50-42(48)49)55-34(66)20(3)53-38(70)24(11-12-27(45)61)56-40(72)33(21(4)60)58-31(65)18-52-37(69)25(15-28(46)62)57-35(67)22(44)9-6-7-13-43/h19-26,32-33,60H,5-18,43-44H2,1-4H3,(H2,45,61)(H2,46,62)(H2,47,63)(H,51,68)(H,52,69)(H,53,70)(H,54,64)(H,55,66)(H,56,72)(H,57,67)(H,58,65)(H,59,71)(H,73,74)(H4,48,49,50)/t19-,20-,21+,22-,23-,24-,25-,26-,32-,33-/m0/s1. The van der Waals surface area contributed by atoms with Gasteiger partial charge >= 0.3 is 5.97 Å². The molecule has 0 bridgehead atoms. The van der Waals surface area contributed by atoms with Crippen molar-refractivity contribution in [3.05, 3.63) is 0 Å². The monoisotopic (exact) mass is 1060 g/mol. The lowest BCUT2D eigenvalue weighted by atomic mass is 9.98. The molecule has 0 aliphatic rings. The van der Waals surface area contributed by atoms with E-state index in [1.165, 1.54) is 6.92 Å². The van der Waals surface area contributed by atoms with Crippen molar-refractivity contribution in [2.24, 2.45) is 51.0 Å². The Balaban J connectivity index is 6.06. The van der Waals surface area contributed by atoms with Crippen LogP contribution in [0.25, 0.3) is 0 Å². The number of aliphatic carboxylic acids is 1. The van der Waals surface area contributed by atoms with Crippen LogP contribution >= 0.6 is 0 Å². The number of aliphatic hydroxyl groups is 1. The number of primary amides is 3. The molecule has 10 atom stereocenters. The molecule has 74 heavy (non-hydrogen) atoms. The summed E-state index contributed by atoms with van der Waals surface area (Å²) in [6.07, 6.45) is -2.51. The van der Waals surface area contributed by atoms with Crippen molar-refractivity contribution in [1.29, 1.82) is 0 Å². The number of nitrogens with one attached hydrogen (secondary N) is 9. The molecule has 32 heteroatoms. The molecule has 0 saturated carbocycles. The van der Waals surface area contributed by atoms with Crippen LogP contribution in [0.2, 0.25) is 0 Å². The Hall–Kier alpha value is -7.74. The third kappa shape index (κ3) is 27.2. The quantitative estimate of drug-likeness (QED) is 0.0156. The zero-order valence-electron chi connectivity index (χ0n) is 41.9. The molecule has 0 saturated heterocycles. The van der Waals surface area contributed by atoms with E-state index in [-0.39, 0.29) is 31.8 Å². The van der Waals surface area contributed by atoms with Gasteiger partial charge in [-0.25, -0.2) is 4.79 Å². The Morgan fingerprint density at radius 1 is 0.527 bits per heavy atom. The summed E-state index contributed by atoms with van der Waals surface area (Å²) in [6.45, 7) is 4.12. The zero-order chi connectivity index (χ0) is 56.8. The van der Waals surface area contributed by atoms with Crippen LogP contribution in [-0.4, -0.2) is 174 Å². The number of amides is 12. The average molecular weight is 1060 g/mol. The Kier molecular flexibility index (Phi) is 31.0. The molecule has 0 aliphatic carbocycles. The van der Waals surface area contributed by atoms with E-state index in [1.54, 1.807) is 13.8 Å². The number of carbonyl (C=O) groups excluding carboxylic acids is 12. The number of carboxylic acid groups (broad SMARTS) is 1. The number of hydrogen-bond donors (Lipinski definition) is 18. The van der Waals surface area contributed by atoms with Crippen molar-refractivity contribution < 1.29 is 72.5 Å². The molecule has 0 aromatic heterocycles. The summed E-state index contributed by atoms with van der Waals surface area (Å²) in [5, 5.41) is 40.3. The van der Waals surface area contributed by atoms with Crippen LogP contribution in [-0.2, 0) is 62.3 Å². The molecule has 12 amide bonds. The molecule has 0 radical (unpaired) electrons. The number of nitrogens with zero attached hydrogens (tertiary/aromatic N) is 1. The first-order chi connectivity index (χ1) is 34.5. The lowest BCUT2D eigenvalue weighted by molar-refractivity contribution is -0.144. The summed E-state index contributed by atoms with van der Waals surface area (Å²) < 4.78 is 0. The normalized spacial score (nSPS) is 14.9. The molecule has 0 spiro atoms. The van der Waals surface area contributed by atoms with Gasteiger partial charge in [0.25, 0.3) is 0 Å². The average Bonchev–Trinajstić information content (AvgIpc) is 3.31. The van der Waals surface area contributed by atoms with Crippen molar-refractivity contribution in [2.45, 2.75) is 146 Å². The van der Waals surface area contributed by atoms with E-state index in [0.29, 0.717) is 25.8 Å². The number of aliphatic imine (C=N–C) groups is 1. The second kappa shape index (κ2) is 34.6. The van der Waals surface area contributed by atoms with E-state index >= 15 is 0 Å². The van der Waals surface area contributed by atoms with Crippen LogP contribution in [0.15, 0.2) is 4.99 Å². The second-order valence-electron chi connectivity index (χ2n) is 17.2. The lowest BCUT2D eigenvalue weighted by Gasteiger charge is -2.26. The van der Waals surface area contributed by atoms with E-state index in [2.05, 4.69) is 52.8 Å². The van der Waals surface area contributed by atoms with Gasteiger partial charge in [0, 0.05) is 13.0 Å². The van der Waals surface area contributed by atoms with Crippen LogP contribution in [0.3, 0.4) is 0 Å². The van der Waals surface area contributed by atoms with Gasteiger partial charge in [-0.1, -0.05) is 26.7 Å². The SMILES string of the molecule is CC[C@H](C)[C@H](NC(=O)[C@H](CC(N)=O)NC(=O)CNC(=O)[C@H](CCCN=C(N)N)NC(=O)[C@H](C)NC(=O)[C@H](CCC(N)=O)NC(=O)[C@@H](NC(=O)CNC(=O)[C@H](CC(N)=O)NC(=O)[C@@H](N)CCCCN)[C@@H](C)O)C(=O)O. The van der Waals surface area contributed by atoms with Crippen molar-refractivity contribution in [3.8, 4) is 0 Å². The molecule has 0 fully saturated rings. The van der Waals surface area contributed by atoms with E-state index in [9.17, 15) is 72.5 Å². The molecule has 0 aromatic carbocycles. The molecular formula is C42H75N17O15. The minimum atomic E-state index is -1.82. The highest BCUT2D eigenvalue weighted by molar-refractivity contribution is 5.98. The zero-order valence-corrected chi connectivity index (χ0v) is 41.9. The molecule has 0 rings (SSSR count). The molecule has 0 heterocycles. The third-order valence-corrected chi connectivity index (χ3v) is 10.7. The Labute approximate surface area is 426 Å². The lowest BCUT2D eigenvalue weighted by Crippen LogP contribution is -2.60. The first-order valence-electron chi connectivity index (χ1n) is 23.5. The maximum Gasteiger partial charge on any atom is 0.326 e. The van der Waals surface area contributed by atoms with Crippen molar-refractivity contribution in [3.63, 3.8) is 0 Å². The molecule has 25 N–H and O–H groups in total. The molecule has 418 valence electrons. The van der Waals surface area contributed by atoms with Gasteiger partial charge in [0.05, 0.1) is 38.1 Å². The van der Waals surface area contributed by atoms with Crippen LogP contribution in [0.5, 0.6) is 0 Å². The topological polar surface area (TPSA) is 565 Å². The number of guanidine groups is 1. The van der Waals surface area contributed by atoms with Crippen LogP contribution < -0.4 is 88.0 Å². The predicted octanol–water partition coefficient (Wildman–Crippen LogP) is -9.33. The van der Waals surface area contributed by atoms with Crippen molar-refractivity contribution >= 4 is 82.8 Å². The van der Waals surface area contributed by atoms with Gasteiger partial charge in [-0.05, 0) is 58.4 Å². The Bertz CT molecular complexity index is 2020. The summed E-state index contributed by atoms with van der Waals surface area (Å²) in [5.41, 5.74) is 37.8. The van der Waals surface area contributed by atoms with Gasteiger partial charge in [0.15, 0.2) is 5.96 Å². The maximum absolute atomic E-state index is 13.6. The van der Waals surface area contributed by atoms with Gasteiger partial charge in [-0.3, -0.25) is 62.5 Å². The highest BCUT2D eigenvalue weighted by Crippen LogP contribution is 2.09. The van der Waals surface area contributed by atoms with Gasteiger partial charge < -0.3 is 98.2 Å². The minimum Gasteiger partial charge on any atom is -0.480 e. The van der Waals surface area contributed by atoms with Crippen LogP contribution in [0.1, 0.15) is 91.9 Å². The number of carboxylic acids is 1. The van der Waals surface area contributed by atoms with Crippen molar-refractivity contribution in [2.75, 3.05) is 26.2 Å². The predicted molar refractivity (Wildman–Crippen MR) is 261 cm³/mol. The molecule has 32 nitrogen and oxygen atoms in total. The molecular weight excluding hydrogens is 983 g/mol.